The monoisotopic (exact) mass is 346 g/mol. The molecule has 0 aromatic heterocycles. The molecule has 0 spiro atoms. The number of hydrogen-bond acceptors (Lipinski definition) is 2. The Morgan fingerprint density at radius 3 is 2.35 bits per heavy atom. The minimum Gasteiger partial charge on any atom is -0.348 e. The Balaban J connectivity index is 1.62. The quantitative estimate of drug-likeness (QED) is 0.696. The van der Waals surface area contributed by atoms with Crippen LogP contribution < -0.4 is 5.32 Å². The molecular weight excluding hydrogens is 320 g/mol. The predicted molar refractivity (Wildman–Crippen MR) is 108 cm³/mol. The van der Waals surface area contributed by atoms with Gasteiger partial charge < -0.3 is 10.2 Å². The van der Waals surface area contributed by atoms with Crippen LogP contribution in [0.1, 0.15) is 23.6 Å². The maximum atomic E-state index is 12.5. The molecule has 3 aromatic carbocycles. The zero-order chi connectivity index (χ0) is 18.4. The minimum atomic E-state index is 0.00954. The van der Waals surface area contributed by atoms with Crippen LogP contribution in [0, 0.1) is 0 Å². The first-order valence-electron chi connectivity index (χ1n) is 9.08. The number of benzene rings is 3. The molecule has 3 rings (SSSR count). The third-order valence-electron chi connectivity index (χ3n) is 4.54. The number of rotatable bonds is 7. The number of carbonyl (C=O) groups excluding carboxylic acids is 1. The normalized spacial score (nSPS) is 12.3. The third kappa shape index (κ3) is 4.93. The summed E-state index contributed by atoms with van der Waals surface area (Å²) in [5.41, 5.74) is 2.34. The van der Waals surface area contributed by atoms with Gasteiger partial charge in [-0.25, -0.2) is 0 Å². The number of carbonyl (C=O) groups is 1. The molecule has 0 heterocycles. The van der Waals surface area contributed by atoms with Gasteiger partial charge in [0.15, 0.2) is 0 Å². The van der Waals surface area contributed by atoms with Gasteiger partial charge in [0.05, 0.1) is 6.04 Å². The van der Waals surface area contributed by atoms with Gasteiger partial charge in [-0.1, -0.05) is 72.8 Å². The number of aryl methyl sites for hydroxylation is 1. The molecule has 3 heteroatoms. The first kappa shape index (κ1) is 18.2. The van der Waals surface area contributed by atoms with E-state index in [9.17, 15) is 4.79 Å². The van der Waals surface area contributed by atoms with Gasteiger partial charge in [-0.3, -0.25) is 4.79 Å². The van der Waals surface area contributed by atoms with Crippen molar-refractivity contribution in [1.82, 2.24) is 10.2 Å². The van der Waals surface area contributed by atoms with Gasteiger partial charge >= 0.3 is 0 Å². The van der Waals surface area contributed by atoms with Crippen LogP contribution in [-0.2, 0) is 11.2 Å². The van der Waals surface area contributed by atoms with Gasteiger partial charge in [0, 0.05) is 13.0 Å². The summed E-state index contributed by atoms with van der Waals surface area (Å²) in [7, 11) is 4.05. The summed E-state index contributed by atoms with van der Waals surface area (Å²) in [5.74, 6) is 0.0915. The van der Waals surface area contributed by atoms with E-state index in [1.807, 2.05) is 44.4 Å². The van der Waals surface area contributed by atoms with Crippen LogP contribution in [0.15, 0.2) is 72.8 Å². The summed E-state index contributed by atoms with van der Waals surface area (Å²) in [6.45, 7) is 0.783. The number of nitrogens with one attached hydrogen (secondary N) is 1. The highest BCUT2D eigenvalue weighted by Gasteiger charge is 2.15. The van der Waals surface area contributed by atoms with Crippen molar-refractivity contribution in [1.29, 1.82) is 0 Å². The molecular formula is C23H26N2O. The van der Waals surface area contributed by atoms with Crippen molar-refractivity contribution >= 4 is 16.7 Å². The molecule has 3 nitrogen and oxygen atoms in total. The molecule has 0 aliphatic carbocycles. The highest BCUT2D eigenvalue weighted by molar-refractivity contribution is 5.83. The lowest BCUT2D eigenvalue weighted by molar-refractivity contribution is -0.121. The fourth-order valence-corrected chi connectivity index (χ4v) is 3.20. The highest BCUT2D eigenvalue weighted by atomic mass is 16.1. The van der Waals surface area contributed by atoms with Crippen molar-refractivity contribution in [3.8, 4) is 0 Å². The molecule has 1 N–H and O–H groups in total. The van der Waals surface area contributed by atoms with Crippen molar-refractivity contribution < 1.29 is 4.79 Å². The number of amides is 1. The summed E-state index contributed by atoms with van der Waals surface area (Å²) in [4.78, 5) is 14.6. The van der Waals surface area contributed by atoms with Gasteiger partial charge in [0.25, 0.3) is 0 Å². The third-order valence-corrected chi connectivity index (χ3v) is 4.54. The van der Waals surface area contributed by atoms with Gasteiger partial charge in [-0.2, -0.15) is 0 Å². The summed E-state index contributed by atoms with van der Waals surface area (Å²) in [6.07, 6.45) is 1.25. The van der Waals surface area contributed by atoms with E-state index in [0.29, 0.717) is 6.42 Å². The van der Waals surface area contributed by atoms with Gasteiger partial charge in [0.2, 0.25) is 5.91 Å². The summed E-state index contributed by atoms with van der Waals surface area (Å²) >= 11 is 0. The standard InChI is InChI=1S/C23H26N2O/c1-25(2)17-22(20-9-4-3-5-10-20)24-23(26)15-13-18-12-14-19-8-6-7-11-21(19)16-18/h3-12,14,16,22H,13,15,17H2,1-2H3,(H,24,26). The van der Waals surface area contributed by atoms with Gasteiger partial charge in [0.1, 0.15) is 0 Å². The molecule has 0 saturated carbocycles. The summed E-state index contributed by atoms with van der Waals surface area (Å²) in [5, 5.41) is 5.65. The molecule has 0 aliphatic heterocycles. The smallest absolute Gasteiger partial charge is 0.220 e. The van der Waals surface area contributed by atoms with Crippen LogP contribution in [0.2, 0.25) is 0 Å². The van der Waals surface area contributed by atoms with E-state index in [-0.39, 0.29) is 11.9 Å². The van der Waals surface area contributed by atoms with E-state index in [4.69, 9.17) is 0 Å². The van der Waals surface area contributed by atoms with Crippen LogP contribution in [0.25, 0.3) is 10.8 Å². The lowest BCUT2D eigenvalue weighted by Gasteiger charge is -2.23. The number of hydrogen-bond donors (Lipinski definition) is 1. The molecule has 1 amide bonds. The van der Waals surface area contributed by atoms with Crippen molar-refractivity contribution in [2.24, 2.45) is 0 Å². The Hall–Kier alpha value is -2.65. The van der Waals surface area contributed by atoms with Gasteiger partial charge in [-0.15, -0.1) is 0 Å². The van der Waals surface area contributed by atoms with Gasteiger partial charge in [-0.05, 0) is 42.4 Å². The first-order valence-corrected chi connectivity index (χ1v) is 9.08. The molecule has 134 valence electrons. The largest absolute Gasteiger partial charge is 0.348 e. The van der Waals surface area contributed by atoms with E-state index >= 15 is 0 Å². The van der Waals surface area contributed by atoms with Crippen LogP contribution in [0.4, 0.5) is 0 Å². The number of likely N-dealkylation sites (N-methyl/N-ethyl adjacent to an activating group) is 1. The first-order chi connectivity index (χ1) is 12.6. The van der Waals surface area contributed by atoms with Crippen molar-refractivity contribution in [3.63, 3.8) is 0 Å². The van der Waals surface area contributed by atoms with E-state index in [2.05, 4.69) is 52.7 Å². The van der Waals surface area contributed by atoms with E-state index in [1.165, 1.54) is 16.3 Å². The summed E-state index contributed by atoms with van der Waals surface area (Å²) < 4.78 is 0. The Kier molecular flexibility index (Phi) is 6.03. The molecule has 0 saturated heterocycles. The van der Waals surface area contributed by atoms with E-state index in [1.54, 1.807) is 0 Å². The second kappa shape index (κ2) is 8.63. The van der Waals surface area contributed by atoms with Crippen LogP contribution in [0.3, 0.4) is 0 Å². The molecule has 3 aromatic rings. The number of fused-ring (bicyclic) bond motifs is 1. The lowest BCUT2D eigenvalue weighted by Crippen LogP contribution is -2.35. The predicted octanol–water partition coefficient (Wildman–Crippen LogP) is 4.19. The van der Waals surface area contributed by atoms with Crippen LogP contribution in [0.5, 0.6) is 0 Å². The maximum absolute atomic E-state index is 12.5. The number of nitrogens with zero attached hydrogens (tertiary/aromatic N) is 1. The maximum Gasteiger partial charge on any atom is 0.220 e. The SMILES string of the molecule is CN(C)CC(NC(=O)CCc1ccc2ccccc2c1)c1ccccc1. The molecule has 0 aliphatic rings. The van der Waals surface area contributed by atoms with E-state index in [0.717, 1.165) is 18.5 Å². The fourth-order valence-electron chi connectivity index (χ4n) is 3.20. The summed E-state index contributed by atoms with van der Waals surface area (Å²) in [6, 6.07) is 24.9. The lowest BCUT2D eigenvalue weighted by atomic mass is 10.0. The second-order valence-electron chi connectivity index (χ2n) is 6.97. The van der Waals surface area contributed by atoms with Crippen molar-refractivity contribution in [3.05, 3.63) is 83.9 Å². The van der Waals surface area contributed by atoms with E-state index < -0.39 is 0 Å². The molecule has 1 unspecified atom stereocenters. The topological polar surface area (TPSA) is 32.3 Å². The zero-order valence-corrected chi connectivity index (χ0v) is 15.5. The molecule has 1 atom stereocenters. The van der Waals surface area contributed by atoms with Crippen molar-refractivity contribution in [2.45, 2.75) is 18.9 Å². The highest BCUT2D eigenvalue weighted by Crippen LogP contribution is 2.17. The minimum absolute atomic E-state index is 0.00954. The van der Waals surface area contributed by atoms with Crippen LogP contribution in [-0.4, -0.2) is 31.4 Å². The zero-order valence-electron chi connectivity index (χ0n) is 15.5. The molecule has 0 fully saturated rings. The molecule has 0 bridgehead atoms. The Morgan fingerprint density at radius 2 is 1.62 bits per heavy atom. The Morgan fingerprint density at radius 1 is 0.923 bits per heavy atom. The average Bonchev–Trinajstić information content (AvgIpc) is 2.66. The Bertz CT molecular complexity index is 858. The average molecular weight is 346 g/mol. The molecule has 26 heavy (non-hydrogen) atoms. The molecule has 0 radical (unpaired) electrons. The fraction of sp³-hybridized carbons (Fsp3) is 0.261. The van der Waals surface area contributed by atoms with Crippen molar-refractivity contribution in [2.75, 3.05) is 20.6 Å². The second-order valence-corrected chi connectivity index (χ2v) is 6.97. The Labute approximate surface area is 155 Å². The van der Waals surface area contributed by atoms with Crippen LogP contribution >= 0.6 is 0 Å².